The van der Waals surface area contributed by atoms with Gasteiger partial charge in [-0.05, 0) is 54.6 Å². The van der Waals surface area contributed by atoms with E-state index >= 15 is 0 Å². The quantitative estimate of drug-likeness (QED) is 0.547. The van der Waals surface area contributed by atoms with E-state index in [0.717, 1.165) is 73.0 Å². The fourth-order valence-electron chi connectivity index (χ4n) is 6.80. The average molecular weight is 514 g/mol. The third kappa shape index (κ3) is 3.93. The topological polar surface area (TPSA) is 93.8 Å². The summed E-state index contributed by atoms with van der Waals surface area (Å²) in [6.45, 7) is 6.00. The number of hydrogen-bond acceptors (Lipinski definition) is 7. The van der Waals surface area contributed by atoms with E-state index in [4.69, 9.17) is 15.2 Å². The van der Waals surface area contributed by atoms with Crippen molar-refractivity contribution in [2.75, 3.05) is 32.4 Å². The normalized spacial score (nSPS) is 24.4. The molecule has 1 amide bonds. The maximum atomic E-state index is 14.0. The van der Waals surface area contributed by atoms with E-state index in [-0.39, 0.29) is 17.6 Å². The maximum absolute atomic E-state index is 14.0. The standard InChI is InChI=1S/C30H35N5O3/c1-18-3-6-26(19-4-5-20-13-30(38-27(20)11-19)7-9-34(2)10-8-30)35(15-18)29(36)24-12-21-22-16-37-17-23(22)28(31)33-25(21)14-32-24/h4-5,11-12,14,18,26H,3,6-10,13,15-17H2,1-2H3,(H2,31,33)/t18-,26?/m0/s1. The number of anilines is 1. The third-order valence-electron chi connectivity index (χ3n) is 9.13. The lowest BCUT2D eigenvalue weighted by atomic mass is 9.86. The molecule has 7 rings (SSSR count). The molecule has 1 aromatic carbocycles. The Bertz CT molecular complexity index is 1430. The first-order chi connectivity index (χ1) is 18.4. The van der Waals surface area contributed by atoms with Gasteiger partial charge in [-0.2, -0.15) is 0 Å². The molecule has 1 unspecified atom stereocenters. The van der Waals surface area contributed by atoms with Crippen molar-refractivity contribution in [3.05, 3.63) is 58.4 Å². The third-order valence-corrected chi connectivity index (χ3v) is 9.13. The average Bonchev–Trinajstić information content (AvgIpc) is 3.55. The van der Waals surface area contributed by atoms with Gasteiger partial charge in [-0.25, -0.2) is 9.97 Å². The summed E-state index contributed by atoms with van der Waals surface area (Å²) in [6, 6.07) is 8.52. The van der Waals surface area contributed by atoms with Crippen LogP contribution >= 0.6 is 0 Å². The number of fused-ring (bicyclic) bond motifs is 4. The Morgan fingerprint density at radius 1 is 1.13 bits per heavy atom. The number of hydrogen-bond donors (Lipinski definition) is 1. The number of amides is 1. The van der Waals surface area contributed by atoms with Crippen molar-refractivity contribution < 1.29 is 14.3 Å². The molecule has 0 radical (unpaired) electrons. The number of piperidine rings is 2. The van der Waals surface area contributed by atoms with Crippen LogP contribution in [0.2, 0.25) is 0 Å². The molecule has 6 heterocycles. The van der Waals surface area contributed by atoms with Gasteiger partial charge in [0.2, 0.25) is 0 Å². The molecule has 1 spiro atoms. The molecule has 198 valence electrons. The molecule has 38 heavy (non-hydrogen) atoms. The number of pyridine rings is 2. The zero-order chi connectivity index (χ0) is 26.0. The summed E-state index contributed by atoms with van der Waals surface area (Å²) in [5, 5.41) is 0.904. The molecule has 8 nitrogen and oxygen atoms in total. The van der Waals surface area contributed by atoms with Gasteiger partial charge in [0, 0.05) is 49.8 Å². The highest BCUT2D eigenvalue weighted by molar-refractivity contribution is 5.97. The molecule has 2 aromatic heterocycles. The summed E-state index contributed by atoms with van der Waals surface area (Å²) < 4.78 is 12.3. The van der Waals surface area contributed by atoms with Gasteiger partial charge >= 0.3 is 0 Å². The van der Waals surface area contributed by atoms with E-state index in [9.17, 15) is 4.79 Å². The highest BCUT2D eigenvalue weighted by atomic mass is 16.5. The number of nitrogens with two attached hydrogens (primary N) is 1. The fraction of sp³-hybridized carbons (Fsp3) is 0.500. The highest BCUT2D eigenvalue weighted by Gasteiger charge is 2.42. The second-order valence-electron chi connectivity index (χ2n) is 11.8. The van der Waals surface area contributed by atoms with Crippen LogP contribution in [0.1, 0.15) is 71.4 Å². The van der Waals surface area contributed by atoms with E-state index in [1.54, 1.807) is 6.20 Å². The SMILES string of the molecule is C[C@H]1CCC(c2ccc3c(c2)OC2(CCN(C)CC2)C3)N(C(=O)c2cc3c4c(c(N)nc3cn2)COC4)C1. The summed E-state index contributed by atoms with van der Waals surface area (Å²) in [5.74, 6) is 1.88. The molecule has 8 heteroatoms. The van der Waals surface area contributed by atoms with Crippen molar-refractivity contribution in [1.82, 2.24) is 19.8 Å². The van der Waals surface area contributed by atoms with Crippen LogP contribution in [0.4, 0.5) is 5.82 Å². The predicted octanol–water partition coefficient (Wildman–Crippen LogP) is 4.25. The first-order valence-corrected chi connectivity index (χ1v) is 13.9. The Labute approximate surface area is 223 Å². The van der Waals surface area contributed by atoms with Gasteiger partial charge in [0.25, 0.3) is 5.91 Å². The van der Waals surface area contributed by atoms with Gasteiger partial charge in [0.1, 0.15) is 22.9 Å². The highest BCUT2D eigenvalue weighted by Crippen LogP contribution is 2.44. The van der Waals surface area contributed by atoms with Crippen LogP contribution < -0.4 is 10.5 Å². The molecule has 2 N–H and O–H groups in total. The van der Waals surface area contributed by atoms with Crippen LogP contribution in [0.25, 0.3) is 10.9 Å². The Morgan fingerprint density at radius 2 is 1.95 bits per heavy atom. The van der Waals surface area contributed by atoms with Crippen LogP contribution in [0.5, 0.6) is 5.75 Å². The number of nitrogens with zero attached hydrogens (tertiary/aromatic N) is 4. The molecule has 3 aromatic rings. The van der Waals surface area contributed by atoms with Crippen molar-refractivity contribution in [2.24, 2.45) is 5.92 Å². The number of ether oxygens (including phenoxy) is 2. The molecule has 0 aliphatic carbocycles. The van der Waals surface area contributed by atoms with E-state index in [0.29, 0.717) is 42.7 Å². The zero-order valence-electron chi connectivity index (χ0n) is 22.2. The van der Waals surface area contributed by atoms with E-state index in [1.165, 1.54) is 5.56 Å². The Balaban J connectivity index is 1.19. The van der Waals surface area contributed by atoms with Crippen molar-refractivity contribution in [3.63, 3.8) is 0 Å². The summed E-state index contributed by atoms with van der Waals surface area (Å²) in [7, 11) is 2.18. The molecule has 2 fully saturated rings. The van der Waals surface area contributed by atoms with E-state index in [2.05, 4.69) is 47.0 Å². The van der Waals surface area contributed by atoms with Crippen LogP contribution in [0, 0.1) is 5.92 Å². The lowest BCUT2D eigenvalue weighted by molar-refractivity contribution is 0.0268. The number of carbonyl (C=O) groups is 1. The Hall–Kier alpha value is -3.23. The van der Waals surface area contributed by atoms with E-state index in [1.807, 2.05) is 11.0 Å². The van der Waals surface area contributed by atoms with Crippen LogP contribution in [-0.4, -0.2) is 58.0 Å². The molecular weight excluding hydrogens is 478 g/mol. The zero-order valence-corrected chi connectivity index (χ0v) is 22.2. The Morgan fingerprint density at radius 3 is 2.79 bits per heavy atom. The molecule has 0 saturated carbocycles. The summed E-state index contributed by atoms with van der Waals surface area (Å²) in [4.78, 5) is 27.4. The number of rotatable bonds is 2. The van der Waals surface area contributed by atoms with Crippen molar-refractivity contribution in [1.29, 1.82) is 0 Å². The fourth-order valence-corrected chi connectivity index (χ4v) is 6.80. The second-order valence-corrected chi connectivity index (χ2v) is 11.8. The number of benzene rings is 1. The predicted molar refractivity (Wildman–Crippen MR) is 145 cm³/mol. The second kappa shape index (κ2) is 8.92. The largest absolute Gasteiger partial charge is 0.487 e. The van der Waals surface area contributed by atoms with E-state index < -0.39 is 0 Å². The number of carbonyl (C=O) groups excluding carboxylic acids is 1. The van der Waals surface area contributed by atoms with Crippen LogP contribution in [0.3, 0.4) is 0 Å². The lowest BCUT2D eigenvalue weighted by Crippen LogP contribution is -2.45. The molecule has 2 atom stereocenters. The van der Waals surface area contributed by atoms with Gasteiger partial charge in [0.15, 0.2) is 0 Å². The first kappa shape index (κ1) is 23.9. The smallest absolute Gasteiger partial charge is 0.272 e. The van der Waals surface area contributed by atoms with Crippen molar-refractivity contribution in [2.45, 2.75) is 63.9 Å². The van der Waals surface area contributed by atoms with Crippen LogP contribution in [0.15, 0.2) is 30.5 Å². The summed E-state index contributed by atoms with van der Waals surface area (Å²) in [6.07, 6.45) is 6.78. The van der Waals surface area contributed by atoms with Gasteiger partial charge in [-0.1, -0.05) is 19.1 Å². The molecule has 2 saturated heterocycles. The number of likely N-dealkylation sites (tertiary alicyclic amines) is 2. The van der Waals surface area contributed by atoms with Crippen LogP contribution in [-0.2, 0) is 24.4 Å². The summed E-state index contributed by atoms with van der Waals surface area (Å²) in [5.41, 5.74) is 11.6. The van der Waals surface area contributed by atoms with Gasteiger partial charge in [-0.3, -0.25) is 4.79 Å². The Kier molecular flexibility index (Phi) is 5.60. The maximum Gasteiger partial charge on any atom is 0.272 e. The number of nitrogen functional groups attached to an aromatic ring is 1. The molecule has 4 aliphatic rings. The molecular formula is C30H35N5O3. The van der Waals surface area contributed by atoms with Gasteiger partial charge < -0.3 is 25.0 Å². The van der Waals surface area contributed by atoms with Crippen molar-refractivity contribution >= 4 is 22.6 Å². The minimum Gasteiger partial charge on any atom is -0.487 e. The van der Waals surface area contributed by atoms with Gasteiger partial charge in [-0.15, -0.1) is 0 Å². The van der Waals surface area contributed by atoms with Crippen molar-refractivity contribution in [3.8, 4) is 5.75 Å². The first-order valence-electron chi connectivity index (χ1n) is 13.9. The molecule has 0 bridgehead atoms. The van der Waals surface area contributed by atoms with Gasteiger partial charge in [0.05, 0.1) is 31.0 Å². The minimum absolute atomic E-state index is 0.00210. The molecule has 4 aliphatic heterocycles. The lowest BCUT2D eigenvalue weighted by Gasteiger charge is -2.39. The minimum atomic E-state index is -0.0690. The monoisotopic (exact) mass is 513 g/mol. The number of aromatic nitrogens is 2. The summed E-state index contributed by atoms with van der Waals surface area (Å²) >= 11 is 0.